The quantitative estimate of drug-likeness (QED) is 0.178. The van der Waals surface area contributed by atoms with E-state index in [1.165, 1.54) is 59.5 Å². The van der Waals surface area contributed by atoms with Crippen LogP contribution in [0, 0.1) is 0 Å². The second-order valence-electron chi connectivity index (χ2n) is 15.9. The molecule has 0 bridgehead atoms. The molecule has 5 heteroatoms. The molecular weight excluding hydrogens is 761 g/mol. The average molecular weight is 795 g/mol. The lowest BCUT2D eigenvalue weighted by Crippen LogP contribution is -2.32. The van der Waals surface area contributed by atoms with Gasteiger partial charge in [-0.25, -0.2) is 4.98 Å². The number of hydrogen-bond donors (Lipinski definition) is 0. The summed E-state index contributed by atoms with van der Waals surface area (Å²) in [6.07, 6.45) is 0. The van der Waals surface area contributed by atoms with Gasteiger partial charge in [0.25, 0.3) is 0 Å². The average Bonchev–Trinajstić information content (AvgIpc) is 3.84. The van der Waals surface area contributed by atoms with Gasteiger partial charge >= 0.3 is 0 Å². The van der Waals surface area contributed by atoms with E-state index in [4.69, 9.17) is 15.0 Å². The SMILES string of the molecule is c1ccc(-c2ccc(-c3nc(-c4ccccc4)nc(-n4c5ccc6c(c5c5ccc7ccccc7c54)Sc4ccccc4C64c5ccccc5-c5ccccc54)n3)cc2)cc1. The van der Waals surface area contributed by atoms with Gasteiger partial charge in [0.15, 0.2) is 11.6 Å². The Morgan fingerprint density at radius 3 is 1.67 bits per heavy atom. The Hall–Kier alpha value is -7.60. The Bertz CT molecular complexity index is 3510. The highest BCUT2D eigenvalue weighted by molar-refractivity contribution is 7.99. The van der Waals surface area contributed by atoms with E-state index < -0.39 is 5.41 Å². The van der Waals surface area contributed by atoms with Crippen molar-refractivity contribution in [1.82, 2.24) is 19.5 Å². The molecule has 284 valence electrons. The highest BCUT2D eigenvalue weighted by Crippen LogP contribution is 2.63. The first-order valence-electron chi connectivity index (χ1n) is 20.7. The Balaban J connectivity index is 1.13. The molecule has 61 heavy (non-hydrogen) atoms. The first-order valence-corrected chi connectivity index (χ1v) is 21.5. The monoisotopic (exact) mass is 794 g/mol. The van der Waals surface area contributed by atoms with Crippen LogP contribution in [-0.4, -0.2) is 19.5 Å². The van der Waals surface area contributed by atoms with Crippen LogP contribution in [0.1, 0.15) is 22.3 Å². The maximum absolute atomic E-state index is 5.39. The van der Waals surface area contributed by atoms with E-state index in [0.717, 1.165) is 38.5 Å². The smallest absolute Gasteiger partial charge is 0.238 e. The normalized spacial score (nSPS) is 13.3. The Morgan fingerprint density at radius 2 is 0.951 bits per heavy atom. The topological polar surface area (TPSA) is 43.6 Å². The molecule has 0 saturated heterocycles. The summed E-state index contributed by atoms with van der Waals surface area (Å²) in [6.45, 7) is 0. The highest BCUT2D eigenvalue weighted by Gasteiger charge is 2.50. The number of rotatable bonds is 4. The van der Waals surface area contributed by atoms with Crippen LogP contribution in [0.3, 0.4) is 0 Å². The molecule has 1 aliphatic heterocycles. The number of hydrogen-bond acceptors (Lipinski definition) is 4. The molecule has 1 spiro atoms. The Morgan fingerprint density at radius 1 is 0.393 bits per heavy atom. The Labute approximate surface area is 356 Å². The summed E-state index contributed by atoms with van der Waals surface area (Å²) in [5.74, 6) is 1.83. The molecule has 2 aliphatic rings. The molecule has 9 aromatic carbocycles. The molecule has 13 rings (SSSR count). The van der Waals surface area contributed by atoms with E-state index in [1.807, 2.05) is 36.0 Å². The van der Waals surface area contributed by atoms with Crippen molar-refractivity contribution in [1.29, 1.82) is 0 Å². The predicted molar refractivity (Wildman–Crippen MR) is 249 cm³/mol. The van der Waals surface area contributed by atoms with Crippen molar-refractivity contribution in [2.75, 3.05) is 0 Å². The fraction of sp³-hybridized carbons (Fsp3) is 0.0179. The van der Waals surface area contributed by atoms with Gasteiger partial charge in [-0.15, -0.1) is 0 Å². The van der Waals surface area contributed by atoms with Crippen molar-refractivity contribution < 1.29 is 0 Å². The highest BCUT2D eigenvalue weighted by atomic mass is 32.2. The molecule has 4 nitrogen and oxygen atoms in total. The van der Waals surface area contributed by atoms with Gasteiger partial charge in [0.1, 0.15) is 0 Å². The van der Waals surface area contributed by atoms with E-state index in [9.17, 15) is 0 Å². The van der Waals surface area contributed by atoms with Gasteiger partial charge in [-0.3, -0.25) is 4.57 Å². The maximum Gasteiger partial charge on any atom is 0.238 e. The van der Waals surface area contributed by atoms with Gasteiger partial charge in [0.05, 0.1) is 16.4 Å². The fourth-order valence-electron chi connectivity index (χ4n) is 10.1. The van der Waals surface area contributed by atoms with Gasteiger partial charge in [-0.1, -0.05) is 206 Å². The van der Waals surface area contributed by atoms with Crippen molar-refractivity contribution in [3.8, 4) is 51.0 Å². The van der Waals surface area contributed by atoms with Gasteiger partial charge in [0.2, 0.25) is 5.95 Å². The lowest BCUT2D eigenvalue weighted by molar-refractivity contribution is 0.726. The molecule has 0 amide bonds. The zero-order valence-corrected chi connectivity index (χ0v) is 33.6. The summed E-state index contributed by atoms with van der Waals surface area (Å²) in [4.78, 5) is 18.4. The van der Waals surface area contributed by atoms with Crippen molar-refractivity contribution in [2.45, 2.75) is 15.2 Å². The van der Waals surface area contributed by atoms with E-state index in [2.05, 4.69) is 187 Å². The minimum atomic E-state index is -0.490. The van der Waals surface area contributed by atoms with Crippen molar-refractivity contribution in [3.05, 3.63) is 229 Å². The Kier molecular flexibility index (Phi) is 7.42. The summed E-state index contributed by atoms with van der Waals surface area (Å²) >= 11 is 1.88. The molecule has 2 aromatic heterocycles. The van der Waals surface area contributed by atoms with Crippen LogP contribution in [0.5, 0.6) is 0 Å². The molecule has 3 heterocycles. The second kappa shape index (κ2) is 13.2. The largest absolute Gasteiger partial charge is 0.277 e. The van der Waals surface area contributed by atoms with Gasteiger partial charge < -0.3 is 0 Å². The van der Waals surface area contributed by atoms with Crippen LogP contribution in [0.2, 0.25) is 0 Å². The summed E-state index contributed by atoms with van der Waals surface area (Å²) in [5.41, 5.74) is 13.7. The van der Waals surface area contributed by atoms with Crippen LogP contribution < -0.4 is 0 Å². The molecule has 0 fully saturated rings. The number of nitrogens with zero attached hydrogens (tertiary/aromatic N) is 4. The van der Waals surface area contributed by atoms with Gasteiger partial charge in [0, 0.05) is 37.1 Å². The summed E-state index contributed by atoms with van der Waals surface area (Å²) in [6, 6.07) is 74.3. The van der Waals surface area contributed by atoms with E-state index >= 15 is 0 Å². The van der Waals surface area contributed by atoms with Crippen LogP contribution >= 0.6 is 11.8 Å². The third kappa shape index (κ3) is 4.92. The predicted octanol–water partition coefficient (Wildman–Crippen LogP) is 14.0. The van der Waals surface area contributed by atoms with Crippen LogP contribution in [0.4, 0.5) is 0 Å². The molecule has 0 unspecified atom stereocenters. The van der Waals surface area contributed by atoms with E-state index in [-0.39, 0.29) is 0 Å². The molecular formula is C56H34N4S. The first-order chi connectivity index (χ1) is 30.3. The van der Waals surface area contributed by atoms with Crippen LogP contribution in [0.15, 0.2) is 216 Å². The standard InChI is InChI=1S/C56H34N4S/c1-3-15-35(16-4-1)36-27-29-39(30-28-36)54-57-53(38-18-5-2-6-19-38)58-55(59-54)60-48-34-33-47-52(50(48)43-32-31-37-17-7-8-20-40(37)51(43)60)61-49-26-14-13-25-46(49)56(47)44-23-11-9-21-41(44)42-22-10-12-24-45(42)56/h1-34H. The zero-order chi connectivity index (χ0) is 40.1. The van der Waals surface area contributed by atoms with Gasteiger partial charge in [-0.2, -0.15) is 9.97 Å². The molecule has 11 aromatic rings. The molecule has 0 atom stereocenters. The molecule has 0 saturated carbocycles. The van der Waals surface area contributed by atoms with E-state index in [0.29, 0.717) is 17.6 Å². The summed E-state index contributed by atoms with van der Waals surface area (Å²) < 4.78 is 2.30. The van der Waals surface area contributed by atoms with Gasteiger partial charge in [-0.05, 0) is 62.0 Å². The van der Waals surface area contributed by atoms with E-state index in [1.54, 1.807) is 0 Å². The number of aromatic nitrogens is 4. The molecule has 0 radical (unpaired) electrons. The van der Waals surface area contributed by atoms with Crippen molar-refractivity contribution >= 4 is 44.3 Å². The summed E-state index contributed by atoms with van der Waals surface area (Å²) in [7, 11) is 0. The zero-order valence-electron chi connectivity index (χ0n) is 32.8. The second-order valence-corrected chi connectivity index (χ2v) is 16.9. The van der Waals surface area contributed by atoms with Crippen LogP contribution in [-0.2, 0) is 5.41 Å². The summed E-state index contributed by atoms with van der Waals surface area (Å²) in [5, 5.41) is 4.68. The maximum atomic E-state index is 5.39. The number of benzene rings is 9. The first kappa shape index (κ1) is 34.3. The molecule has 0 N–H and O–H groups in total. The molecule has 1 aliphatic carbocycles. The van der Waals surface area contributed by atoms with Crippen molar-refractivity contribution in [3.63, 3.8) is 0 Å². The fourth-order valence-corrected chi connectivity index (χ4v) is 11.5. The third-order valence-electron chi connectivity index (χ3n) is 12.7. The minimum Gasteiger partial charge on any atom is -0.277 e. The minimum absolute atomic E-state index is 0.490. The third-order valence-corrected chi connectivity index (χ3v) is 13.9. The van der Waals surface area contributed by atoms with Crippen molar-refractivity contribution in [2.24, 2.45) is 0 Å². The lowest BCUT2D eigenvalue weighted by atomic mass is 9.67. The van der Waals surface area contributed by atoms with Crippen LogP contribution in [0.25, 0.3) is 83.6 Å². The number of fused-ring (bicyclic) bond motifs is 15. The lowest BCUT2D eigenvalue weighted by Gasteiger charge is -2.40.